The molecule has 2 rings (SSSR count). The fourth-order valence-corrected chi connectivity index (χ4v) is 1.80. The molecule has 2 heterocycles. The van der Waals surface area contributed by atoms with Crippen molar-refractivity contribution in [1.29, 1.82) is 0 Å². The van der Waals surface area contributed by atoms with E-state index in [1.54, 1.807) is 11.1 Å². The van der Waals surface area contributed by atoms with Crippen LogP contribution in [0, 0.1) is 0 Å². The molecule has 0 spiro atoms. The van der Waals surface area contributed by atoms with Crippen molar-refractivity contribution in [3.05, 3.63) is 11.9 Å². The SMILES string of the molecule is NCc1cn(CC(=O)N2CCOC(CO)C2)nn1. The van der Waals surface area contributed by atoms with Gasteiger partial charge in [-0.25, -0.2) is 4.68 Å². The largest absolute Gasteiger partial charge is 0.394 e. The predicted octanol–water partition coefficient (Wildman–Crippen LogP) is -2.04. The number of aliphatic hydroxyl groups excluding tert-OH is 1. The van der Waals surface area contributed by atoms with Gasteiger partial charge >= 0.3 is 0 Å². The number of amides is 1. The van der Waals surface area contributed by atoms with Gasteiger partial charge < -0.3 is 20.5 Å². The van der Waals surface area contributed by atoms with Crippen molar-refractivity contribution in [2.75, 3.05) is 26.3 Å². The van der Waals surface area contributed by atoms with Gasteiger partial charge in [-0.05, 0) is 0 Å². The van der Waals surface area contributed by atoms with Crippen LogP contribution < -0.4 is 5.73 Å². The van der Waals surface area contributed by atoms with Crippen LogP contribution in [0.2, 0.25) is 0 Å². The maximum absolute atomic E-state index is 12.0. The lowest BCUT2D eigenvalue weighted by Crippen LogP contribution is -2.47. The molecule has 0 aliphatic carbocycles. The lowest BCUT2D eigenvalue weighted by molar-refractivity contribution is -0.141. The van der Waals surface area contributed by atoms with E-state index in [4.69, 9.17) is 15.6 Å². The number of aromatic nitrogens is 3. The molecule has 1 aliphatic heterocycles. The first-order valence-corrected chi connectivity index (χ1v) is 5.82. The summed E-state index contributed by atoms with van der Waals surface area (Å²) in [4.78, 5) is 13.7. The highest BCUT2D eigenvalue weighted by molar-refractivity contribution is 5.76. The molecule has 1 saturated heterocycles. The summed E-state index contributed by atoms with van der Waals surface area (Å²) >= 11 is 0. The van der Waals surface area contributed by atoms with Gasteiger partial charge in [0.1, 0.15) is 6.54 Å². The Morgan fingerprint density at radius 1 is 1.67 bits per heavy atom. The molecular formula is C10H17N5O3. The molecule has 1 aromatic rings. The second kappa shape index (κ2) is 5.89. The van der Waals surface area contributed by atoms with Crippen LogP contribution in [0.25, 0.3) is 0 Å². The van der Waals surface area contributed by atoms with E-state index in [1.165, 1.54) is 4.68 Å². The number of aliphatic hydroxyl groups is 1. The van der Waals surface area contributed by atoms with Crippen LogP contribution in [0.15, 0.2) is 6.20 Å². The summed E-state index contributed by atoms with van der Waals surface area (Å²) < 4.78 is 6.75. The standard InChI is InChI=1S/C10H17N5O3/c11-3-8-4-15(13-12-8)6-10(17)14-1-2-18-9(5-14)7-16/h4,9,16H,1-3,5-7,11H2. The molecule has 1 unspecified atom stereocenters. The third-order valence-electron chi connectivity index (χ3n) is 2.79. The third kappa shape index (κ3) is 3.03. The van der Waals surface area contributed by atoms with Gasteiger partial charge in [-0.3, -0.25) is 4.79 Å². The number of rotatable bonds is 4. The molecule has 3 N–H and O–H groups in total. The molecule has 0 radical (unpaired) electrons. The van der Waals surface area contributed by atoms with Crippen LogP contribution in [0.1, 0.15) is 5.69 Å². The first kappa shape index (κ1) is 12.9. The Morgan fingerprint density at radius 3 is 3.17 bits per heavy atom. The molecule has 0 aromatic carbocycles. The number of hydrogen-bond donors (Lipinski definition) is 2. The second-order valence-electron chi connectivity index (χ2n) is 4.13. The van der Waals surface area contributed by atoms with Crippen molar-refractivity contribution in [3.63, 3.8) is 0 Å². The van der Waals surface area contributed by atoms with Gasteiger partial charge in [-0.15, -0.1) is 5.10 Å². The highest BCUT2D eigenvalue weighted by atomic mass is 16.5. The zero-order valence-corrected chi connectivity index (χ0v) is 10.0. The van der Waals surface area contributed by atoms with Gasteiger partial charge in [0.2, 0.25) is 5.91 Å². The van der Waals surface area contributed by atoms with Crippen LogP contribution in [0.5, 0.6) is 0 Å². The lowest BCUT2D eigenvalue weighted by Gasteiger charge is -2.31. The Labute approximate surface area is 104 Å². The van der Waals surface area contributed by atoms with Crippen molar-refractivity contribution in [2.45, 2.75) is 19.2 Å². The molecule has 100 valence electrons. The monoisotopic (exact) mass is 255 g/mol. The van der Waals surface area contributed by atoms with Crippen LogP contribution in [0.3, 0.4) is 0 Å². The maximum atomic E-state index is 12.0. The Morgan fingerprint density at radius 2 is 2.50 bits per heavy atom. The van der Waals surface area contributed by atoms with E-state index in [9.17, 15) is 4.79 Å². The Balaban J connectivity index is 1.90. The average Bonchev–Trinajstić information content (AvgIpc) is 2.86. The van der Waals surface area contributed by atoms with E-state index in [-0.39, 0.29) is 25.2 Å². The molecule has 0 bridgehead atoms. The molecule has 8 heteroatoms. The Bertz CT molecular complexity index is 408. The molecule has 1 fully saturated rings. The van der Waals surface area contributed by atoms with Gasteiger partial charge in [-0.2, -0.15) is 0 Å². The van der Waals surface area contributed by atoms with E-state index in [1.807, 2.05) is 0 Å². The van der Waals surface area contributed by atoms with Crippen molar-refractivity contribution in [1.82, 2.24) is 19.9 Å². The van der Waals surface area contributed by atoms with Crippen LogP contribution in [0.4, 0.5) is 0 Å². The normalized spacial score (nSPS) is 20.1. The zero-order valence-electron chi connectivity index (χ0n) is 10.0. The van der Waals surface area contributed by atoms with Gasteiger partial charge in [0.25, 0.3) is 0 Å². The minimum atomic E-state index is -0.293. The van der Waals surface area contributed by atoms with Crippen LogP contribution in [-0.2, 0) is 22.6 Å². The number of morpholine rings is 1. The minimum Gasteiger partial charge on any atom is -0.394 e. The van der Waals surface area contributed by atoms with Gasteiger partial charge in [0.05, 0.1) is 31.2 Å². The van der Waals surface area contributed by atoms with E-state index in [0.29, 0.717) is 31.9 Å². The average molecular weight is 255 g/mol. The summed E-state index contributed by atoms with van der Waals surface area (Å²) in [7, 11) is 0. The fourth-order valence-electron chi connectivity index (χ4n) is 1.80. The Hall–Kier alpha value is -1.51. The summed E-state index contributed by atoms with van der Waals surface area (Å²) in [6.07, 6.45) is 1.36. The predicted molar refractivity (Wildman–Crippen MR) is 61.3 cm³/mol. The molecule has 1 atom stereocenters. The van der Waals surface area contributed by atoms with Crippen LogP contribution in [-0.4, -0.2) is 63.3 Å². The molecular weight excluding hydrogens is 238 g/mol. The van der Waals surface area contributed by atoms with Crippen molar-refractivity contribution in [3.8, 4) is 0 Å². The summed E-state index contributed by atoms with van der Waals surface area (Å²) in [5.74, 6) is -0.0646. The highest BCUT2D eigenvalue weighted by Crippen LogP contribution is 2.05. The minimum absolute atomic E-state index is 0.0646. The summed E-state index contributed by atoms with van der Waals surface area (Å²) in [6.45, 7) is 1.75. The van der Waals surface area contributed by atoms with Gasteiger partial charge in [0, 0.05) is 19.6 Å². The molecule has 8 nitrogen and oxygen atoms in total. The fraction of sp³-hybridized carbons (Fsp3) is 0.700. The van der Waals surface area contributed by atoms with E-state index in [0.717, 1.165) is 0 Å². The van der Waals surface area contributed by atoms with Crippen LogP contribution >= 0.6 is 0 Å². The second-order valence-corrected chi connectivity index (χ2v) is 4.13. The van der Waals surface area contributed by atoms with E-state index >= 15 is 0 Å². The molecule has 1 aliphatic rings. The molecule has 1 aromatic heterocycles. The maximum Gasteiger partial charge on any atom is 0.244 e. The number of ether oxygens (including phenoxy) is 1. The Kier molecular flexibility index (Phi) is 4.24. The van der Waals surface area contributed by atoms with Gasteiger partial charge in [0.15, 0.2) is 0 Å². The summed E-state index contributed by atoms with van der Waals surface area (Å²) in [5.41, 5.74) is 6.07. The summed E-state index contributed by atoms with van der Waals surface area (Å²) in [6, 6.07) is 0. The van der Waals surface area contributed by atoms with Crippen molar-refractivity contribution < 1.29 is 14.6 Å². The number of carbonyl (C=O) groups excluding carboxylic acids is 1. The highest BCUT2D eigenvalue weighted by Gasteiger charge is 2.23. The van der Waals surface area contributed by atoms with Gasteiger partial charge in [-0.1, -0.05) is 5.21 Å². The zero-order chi connectivity index (χ0) is 13.0. The van der Waals surface area contributed by atoms with Crippen molar-refractivity contribution in [2.24, 2.45) is 5.73 Å². The number of nitrogens with two attached hydrogens (primary N) is 1. The smallest absolute Gasteiger partial charge is 0.244 e. The lowest BCUT2D eigenvalue weighted by atomic mass is 10.3. The first-order chi connectivity index (χ1) is 8.72. The molecule has 0 saturated carbocycles. The number of hydrogen-bond acceptors (Lipinski definition) is 6. The molecule has 18 heavy (non-hydrogen) atoms. The molecule has 1 amide bonds. The quantitative estimate of drug-likeness (QED) is 0.642. The third-order valence-corrected chi connectivity index (χ3v) is 2.79. The first-order valence-electron chi connectivity index (χ1n) is 5.82. The number of nitrogens with zero attached hydrogens (tertiary/aromatic N) is 4. The topological polar surface area (TPSA) is 106 Å². The summed E-state index contributed by atoms with van der Waals surface area (Å²) in [5, 5.41) is 16.6. The van der Waals surface area contributed by atoms with E-state index in [2.05, 4.69) is 10.3 Å². The number of carbonyl (C=O) groups is 1. The van der Waals surface area contributed by atoms with Crippen molar-refractivity contribution >= 4 is 5.91 Å². The van der Waals surface area contributed by atoms with E-state index < -0.39 is 0 Å².